The lowest BCUT2D eigenvalue weighted by molar-refractivity contribution is 0.640. The van der Waals surface area contributed by atoms with E-state index in [1.54, 1.807) is 0 Å². The van der Waals surface area contributed by atoms with Gasteiger partial charge in [0.2, 0.25) is 0 Å². The normalized spacial score (nSPS) is 17.3. The van der Waals surface area contributed by atoms with E-state index in [2.05, 4.69) is 16.8 Å². The molecule has 0 fully saturated rings. The second-order valence-electron chi connectivity index (χ2n) is 2.22. The molecule has 1 radical (unpaired) electrons. The van der Waals surface area contributed by atoms with Gasteiger partial charge in [-0.15, -0.1) is 11.3 Å². The van der Waals surface area contributed by atoms with Crippen LogP contribution in [-0.2, 0) is 13.0 Å². The minimum Gasteiger partial charge on any atom is -0.236 e. The quantitative estimate of drug-likeness (QED) is 0.514. The molecule has 47 valence electrons. The molecule has 0 saturated heterocycles. The van der Waals surface area contributed by atoms with Gasteiger partial charge < -0.3 is 0 Å². The van der Waals surface area contributed by atoms with E-state index in [0.717, 1.165) is 13.1 Å². The highest BCUT2D eigenvalue weighted by Gasteiger charge is 2.08. The molecule has 9 heavy (non-hydrogen) atoms. The van der Waals surface area contributed by atoms with E-state index >= 15 is 0 Å². The average Bonchev–Trinajstić information content (AvgIpc) is 2.33. The Kier molecular flexibility index (Phi) is 1.28. The van der Waals surface area contributed by atoms with Crippen LogP contribution in [0.2, 0.25) is 0 Å². The van der Waals surface area contributed by atoms with Crippen molar-refractivity contribution in [3.8, 4) is 0 Å². The van der Waals surface area contributed by atoms with E-state index in [0.29, 0.717) is 0 Å². The van der Waals surface area contributed by atoms with Crippen molar-refractivity contribution in [1.29, 1.82) is 0 Å². The highest BCUT2D eigenvalue weighted by atomic mass is 32.1. The summed E-state index contributed by atoms with van der Waals surface area (Å²) in [6, 6.07) is 2.22. The molecule has 0 aliphatic carbocycles. The van der Waals surface area contributed by atoms with Crippen molar-refractivity contribution in [2.75, 3.05) is 6.54 Å². The number of fused-ring (bicyclic) bond motifs is 1. The molecule has 0 saturated carbocycles. The van der Waals surface area contributed by atoms with Crippen molar-refractivity contribution in [3.05, 3.63) is 21.9 Å². The molecular formula is C7H8NS. The van der Waals surface area contributed by atoms with Crippen LogP contribution in [0, 0.1) is 0 Å². The number of rotatable bonds is 0. The Balaban J connectivity index is 2.39. The molecule has 0 amide bonds. The smallest absolute Gasteiger partial charge is 0.0481 e. The van der Waals surface area contributed by atoms with Gasteiger partial charge >= 0.3 is 0 Å². The number of thiophene rings is 1. The zero-order valence-electron chi connectivity index (χ0n) is 5.13. The van der Waals surface area contributed by atoms with E-state index in [9.17, 15) is 0 Å². The fraction of sp³-hybridized carbons (Fsp3) is 0.429. The van der Waals surface area contributed by atoms with Gasteiger partial charge in [0.05, 0.1) is 0 Å². The second kappa shape index (κ2) is 2.12. The molecule has 1 aliphatic rings. The molecule has 2 heterocycles. The highest BCUT2D eigenvalue weighted by molar-refractivity contribution is 7.10. The van der Waals surface area contributed by atoms with Crippen LogP contribution in [0.15, 0.2) is 11.4 Å². The van der Waals surface area contributed by atoms with Gasteiger partial charge in [0.15, 0.2) is 0 Å². The van der Waals surface area contributed by atoms with Crippen molar-refractivity contribution < 1.29 is 0 Å². The molecule has 1 nitrogen and oxygen atoms in total. The van der Waals surface area contributed by atoms with Gasteiger partial charge in [0.1, 0.15) is 0 Å². The maximum Gasteiger partial charge on any atom is 0.0481 e. The van der Waals surface area contributed by atoms with Crippen molar-refractivity contribution in [3.63, 3.8) is 0 Å². The first-order valence-corrected chi connectivity index (χ1v) is 4.03. The van der Waals surface area contributed by atoms with Gasteiger partial charge in [0, 0.05) is 18.0 Å². The molecule has 1 aliphatic heterocycles. The lowest BCUT2D eigenvalue weighted by Crippen LogP contribution is -2.14. The summed E-state index contributed by atoms with van der Waals surface area (Å²) in [7, 11) is 0. The fourth-order valence-corrected chi connectivity index (χ4v) is 1.99. The third kappa shape index (κ3) is 0.884. The molecule has 2 heteroatoms. The van der Waals surface area contributed by atoms with Crippen molar-refractivity contribution in [2.24, 2.45) is 0 Å². The Hall–Kier alpha value is -0.340. The van der Waals surface area contributed by atoms with Crippen LogP contribution < -0.4 is 5.32 Å². The maximum atomic E-state index is 4.30. The molecular weight excluding hydrogens is 130 g/mol. The zero-order valence-corrected chi connectivity index (χ0v) is 5.95. The SMILES string of the molecule is c1cc2c(s1)C[N]CC2. The molecule has 2 rings (SSSR count). The number of hydrogen-bond donors (Lipinski definition) is 0. The topological polar surface area (TPSA) is 14.1 Å². The first-order valence-electron chi connectivity index (χ1n) is 3.15. The summed E-state index contributed by atoms with van der Waals surface area (Å²) in [5, 5.41) is 6.46. The van der Waals surface area contributed by atoms with Crippen LogP contribution in [0.1, 0.15) is 10.4 Å². The minimum absolute atomic E-state index is 0.965. The van der Waals surface area contributed by atoms with E-state index < -0.39 is 0 Å². The Morgan fingerprint density at radius 2 is 2.56 bits per heavy atom. The number of hydrogen-bond acceptors (Lipinski definition) is 1. The Morgan fingerprint density at radius 1 is 1.56 bits per heavy atom. The van der Waals surface area contributed by atoms with Crippen LogP contribution in [-0.4, -0.2) is 6.54 Å². The summed E-state index contributed by atoms with van der Waals surface area (Å²) in [6.45, 7) is 2.00. The summed E-state index contributed by atoms with van der Waals surface area (Å²) in [5.41, 5.74) is 1.52. The third-order valence-electron chi connectivity index (χ3n) is 1.63. The Labute approximate surface area is 58.7 Å². The lowest BCUT2D eigenvalue weighted by Gasteiger charge is -2.09. The molecule has 0 spiro atoms. The molecule has 1 aromatic rings. The van der Waals surface area contributed by atoms with Gasteiger partial charge in [-0.1, -0.05) is 0 Å². The van der Waals surface area contributed by atoms with Crippen LogP contribution in [0.4, 0.5) is 0 Å². The maximum absolute atomic E-state index is 4.30. The first kappa shape index (κ1) is 5.45. The summed E-state index contributed by atoms with van der Waals surface area (Å²) in [6.07, 6.45) is 1.17. The average molecular weight is 138 g/mol. The largest absolute Gasteiger partial charge is 0.236 e. The van der Waals surface area contributed by atoms with Crippen molar-refractivity contribution in [1.82, 2.24) is 5.32 Å². The van der Waals surface area contributed by atoms with E-state index in [1.807, 2.05) is 11.3 Å². The first-order chi connectivity index (χ1) is 4.47. The third-order valence-corrected chi connectivity index (χ3v) is 2.58. The van der Waals surface area contributed by atoms with Crippen LogP contribution >= 0.6 is 11.3 Å². The van der Waals surface area contributed by atoms with Crippen LogP contribution in [0.25, 0.3) is 0 Å². The van der Waals surface area contributed by atoms with Crippen LogP contribution in [0.3, 0.4) is 0 Å². The van der Waals surface area contributed by atoms with E-state index in [1.165, 1.54) is 16.9 Å². The zero-order chi connectivity index (χ0) is 6.10. The number of nitrogens with zero attached hydrogens (tertiary/aromatic N) is 1. The van der Waals surface area contributed by atoms with Gasteiger partial charge in [-0.05, 0) is 23.4 Å². The van der Waals surface area contributed by atoms with Crippen molar-refractivity contribution in [2.45, 2.75) is 13.0 Å². The highest BCUT2D eigenvalue weighted by Crippen LogP contribution is 2.19. The molecule has 0 N–H and O–H groups in total. The minimum atomic E-state index is 0.965. The van der Waals surface area contributed by atoms with E-state index in [4.69, 9.17) is 0 Å². The fourth-order valence-electron chi connectivity index (χ4n) is 1.11. The van der Waals surface area contributed by atoms with Crippen LogP contribution in [0.5, 0.6) is 0 Å². The van der Waals surface area contributed by atoms with E-state index in [-0.39, 0.29) is 0 Å². The van der Waals surface area contributed by atoms with Gasteiger partial charge in [-0.25, -0.2) is 5.32 Å². The second-order valence-corrected chi connectivity index (χ2v) is 3.23. The molecule has 0 atom stereocenters. The summed E-state index contributed by atoms with van der Waals surface area (Å²) >= 11 is 1.83. The predicted octanol–water partition coefficient (Wildman–Crippen LogP) is 1.41. The summed E-state index contributed by atoms with van der Waals surface area (Å²) in [5.74, 6) is 0. The predicted molar refractivity (Wildman–Crippen MR) is 38.7 cm³/mol. The molecule has 0 bridgehead atoms. The molecule has 0 aromatic carbocycles. The lowest BCUT2D eigenvalue weighted by atomic mass is 10.1. The van der Waals surface area contributed by atoms with Gasteiger partial charge in [-0.3, -0.25) is 0 Å². The van der Waals surface area contributed by atoms with Crippen molar-refractivity contribution >= 4 is 11.3 Å². The Morgan fingerprint density at radius 3 is 3.44 bits per heavy atom. The monoisotopic (exact) mass is 138 g/mol. The summed E-state index contributed by atoms with van der Waals surface area (Å²) in [4.78, 5) is 1.47. The molecule has 1 aromatic heterocycles. The molecule has 0 unspecified atom stereocenters. The Bertz CT molecular complexity index is 184. The summed E-state index contributed by atoms with van der Waals surface area (Å²) < 4.78 is 0. The van der Waals surface area contributed by atoms with Gasteiger partial charge in [0.25, 0.3) is 0 Å². The standard InChI is InChI=1S/C7H8NS/c1-3-8-5-7-6(1)2-4-9-7/h2,4H,1,3,5H2. The van der Waals surface area contributed by atoms with Gasteiger partial charge in [-0.2, -0.15) is 0 Å².